The summed E-state index contributed by atoms with van der Waals surface area (Å²) in [7, 11) is 2.02. The van der Waals surface area contributed by atoms with Crippen LogP contribution in [0.4, 0.5) is 4.79 Å². The van der Waals surface area contributed by atoms with Gasteiger partial charge in [-0.1, -0.05) is 6.92 Å². The standard InChI is InChI=1S/C14H28N2O3/c1-6-16(5)12-9-10(17)7-8-11(12)15-13(18)19-14(2,3)4/h10-12,17H,6-9H2,1-5H3,(H,15,18). The number of alkyl carbamates (subject to hydrolysis) is 1. The lowest BCUT2D eigenvalue weighted by atomic mass is 9.87. The maximum absolute atomic E-state index is 11.9. The summed E-state index contributed by atoms with van der Waals surface area (Å²) in [5, 5.41) is 12.7. The fourth-order valence-electron chi connectivity index (χ4n) is 2.47. The van der Waals surface area contributed by atoms with Gasteiger partial charge in [0.2, 0.25) is 0 Å². The van der Waals surface area contributed by atoms with Crippen LogP contribution in [0.3, 0.4) is 0 Å². The van der Waals surface area contributed by atoms with Crippen LogP contribution in [0.5, 0.6) is 0 Å². The van der Waals surface area contributed by atoms with E-state index in [1.807, 2.05) is 27.8 Å². The topological polar surface area (TPSA) is 61.8 Å². The number of hydrogen-bond acceptors (Lipinski definition) is 4. The molecular formula is C14H28N2O3. The van der Waals surface area contributed by atoms with Gasteiger partial charge in [0.15, 0.2) is 0 Å². The summed E-state index contributed by atoms with van der Waals surface area (Å²) >= 11 is 0. The minimum Gasteiger partial charge on any atom is -0.444 e. The minimum absolute atomic E-state index is 0.0446. The van der Waals surface area contributed by atoms with E-state index in [9.17, 15) is 9.90 Å². The van der Waals surface area contributed by atoms with Crippen molar-refractivity contribution >= 4 is 6.09 Å². The van der Waals surface area contributed by atoms with E-state index in [0.29, 0.717) is 6.42 Å². The second-order valence-corrected chi connectivity index (χ2v) is 6.36. The number of likely N-dealkylation sites (N-methyl/N-ethyl adjacent to an activating group) is 1. The van der Waals surface area contributed by atoms with E-state index < -0.39 is 5.60 Å². The first-order valence-corrected chi connectivity index (χ1v) is 7.10. The molecule has 0 heterocycles. The molecule has 0 spiro atoms. The van der Waals surface area contributed by atoms with Gasteiger partial charge in [0.25, 0.3) is 0 Å². The molecule has 1 amide bonds. The minimum atomic E-state index is -0.482. The van der Waals surface area contributed by atoms with Gasteiger partial charge in [0, 0.05) is 12.1 Å². The van der Waals surface area contributed by atoms with Crippen molar-refractivity contribution < 1.29 is 14.6 Å². The summed E-state index contributed by atoms with van der Waals surface area (Å²) in [5.41, 5.74) is -0.482. The normalized spacial score (nSPS) is 28.3. The fraction of sp³-hybridized carbons (Fsp3) is 0.929. The Balaban J connectivity index is 2.60. The lowest BCUT2D eigenvalue weighted by Crippen LogP contribution is -2.55. The molecule has 19 heavy (non-hydrogen) atoms. The Kier molecular flexibility index (Phi) is 5.62. The molecule has 5 heteroatoms. The van der Waals surface area contributed by atoms with Gasteiger partial charge < -0.3 is 20.1 Å². The number of rotatable bonds is 3. The zero-order chi connectivity index (χ0) is 14.6. The van der Waals surface area contributed by atoms with E-state index >= 15 is 0 Å². The van der Waals surface area contributed by atoms with Crippen LogP contribution in [-0.4, -0.2) is 53.5 Å². The number of nitrogens with one attached hydrogen (secondary N) is 1. The highest BCUT2D eigenvalue weighted by molar-refractivity contribution is 5.68. The second-order valence-electron chi connectivity index (χ2n) is 6.36. The molecule has 1 rings (SSSR count). The average molecular weight is 272 g/mol. The van der Waals surface area contributed by atoms with Crippen LogP contribution < -0.4 is 5.32 Å². The third kappa shape index (κ3) is 5.37. The average Bonchev–Trinajstić information content (AvgIpc) is 2.28. The first kappa shape index (κ1) is 16.2. The van der Waals surface area contributed by atoms with E-state index in [0.717, 1.165) is 19.4 Å². The summed E-state index contributed by atoms with van der Waals surface area (Å²) in [6.45, 7) is 8.53. The molecule has 112 valence electrons. The molecule has 2 N–H and O–H groups in total. The number of nitrogens with zero attached hydrogens (tertiary/aromatic N) is 1. The lowest BCUT2D eigenvalue weighted by Gasteiger charge is -2.39. The first-order chi connectivity index (χ1) is 8.73. The second kappa shape index (κ2) is 6.57. The van der Waals surface area contributed by atoms with Crippen molar-refractivity contribution in [2.75, 3.05) is 13.6 Å². The van der Waals surface area contributed by atoms with Gasteiger partial charge >= 0.3 is 6.09 Å². The van der Waals surface area contributed by atoms with E-state index in [1.54, 1.807) is 0 Å². The Hall–Kier alpha value is -0.810. The third-order valence-corrected chi connectivity index (χ3v) is 3.56. The maximum Gasteiger partial charge on any atom is 0.407 e. The van der Waals surface area contributed by atoms with Gasteiger partial charge in [0.1, 0.15) is 5.60 Å². The van der Waals surface area contributed by atoms with Gasteiger partial charge in [-0.2, -0.15) is 0 Å². The van der Waals surface area contributed by atoms with Crippen molar-refractivity contribution in [2.24, 2.45) is 0 Å². The van der Waals surface area contributed by atoms with Crippen LogP contribution in [0.2, 0.25) is 0 Å². The molecule has 1 aliphatic carbocycles. The highest BCUT2D eigenvalue weighted by atomic mass is 16.6. The zero-order valence-corrected chi connectivity index (χ0v) is 12.8. The smallest absolute Gasteiger partial charge is 0.407 e. The molecule has 0 aromatic rings. The van der Waals surface area contributed by atoms with E-state index in [4.69, 9.17) is 4.74 Å². The number of carbonyl (C=O) groups excluding carboxylic acids is 1. The molecule has 0 radical (unpaired) electrons. The highest BCUT2D eigenvalue weighted by Crippen LogP contribution is 2.23. The Morgan fingerprint density at radius 1 is 1.42 bits per heavy atom. The third-order valence-electron chi connectivity index (χ3n) is 3.56. The first-order valence-electron chi connectivity index (χ1n) is 7.10. The number of carbonyl (C=O) groups is 1. The van der Waals surface area contributed by atoms with Crippen molar-refractivity contribution in [3.63, 3.8) is 0 Å². The monoisotopic (exact) mass is 272 g/mol. The van der Waals surface area contributed by atoms with Gasteiger partial charge in [-0.25, -0.2) is 4.79 Å². The molecule has 1 saturated carbocycles. The molecule has 3 unspecified atom stereocenters. The summed E-state index contributed by atoms with van der Waals surface area (Å²) < 4.78 is 5.30. The summed E-state index contributed by atoms with van der Waals surface area (Å²) in [5.74, 6) is 0. The largest absolute Gasteiger partial charge is 0.444 e. The van der Waals surface area contributed by atoms with Crippen molar-refractivity contribution in [1.82, 2.24) is 10.2 Å². The van der Waals surface area contributed by atoms with Crippen molar-refractivity contribution in [1.29, 1.82) is 0 Å². The predicted molar refractivity (Wildman–Crippen MR) is 75.1 cm³/mol. The number of aliphatic hydroxyl groups is 1. The van der Waals surface area contributed by atoms with Gasteiger partial charge in [-0.15, -0.1) is 0 Å². The Labute approximate surface area is 116 Å². The molecule has 1 aliphatic rings. The summed E-state index contributed by atoms with van der Waals surface area (Å²) in [4.78, 5) is 14.0. The molecule has 0 aliphatic heterocycles. The van der Waals surface area contributed by atoms with Crippen LogP contribution in [0.15, 0.2) is 0 Å². The van der Waals surface area contributed by atoms with Crippen molar-refractivity contribution in [3.05, 3.63) is 0 Å². The van der Waals surface area contributed by atoms with Gasteiger partial charge in [-0.05, 0) is 53.6 Å². The van der Waals surface area contributed by atoms with Crippen LogP contribution in [0.25, 0.3) is 0 Å². The quantitative estimate of drug-likeness (QED) is 0.821. The number of ether oxygens (including phenoxy) is 1. The molecule has 0 bridgehead atoms. The highest BCUT2D eigenvalue weighted by Gasteiger charge is 2.33. The molecule has 3 atom stereocenters. The Morgan fingerprint density at radius 2 is 2.05 bits per heavy atom. The maximum atomic E-state index is 11.9. The Bertz CT molecular complexity index is 302. The Morgan fingerprint density at radius 3 is 2.58 bits per heavy atom. The van der Waals surface area contributed by atoms with Crippen LogP contribution >= 0.6 is 0 Å². The van der Waals surface area contributed by atoms with E-state index in [1.165, 1.54) is 0 Å². The van der Waals surface area contributed by atoms with Crippen molar-refractivity contribution in [3.8, 4) is 0 Å². The molecule has 0 aromatic heterocycles. The lowest BCUT2D eigenvalue weighted by molar-refractivity contribution is 0.0295. The molecule has 5 nitrogen and oxygen atoms in total. The molecule has 0 saturated heterocycles. The number of hydrogen-bond donors (Lipinski definition) is 2. The summed E-state index contributed by atoms with van der Waals surface area (Å²) in [6, 6.07) is 0.212. The van der Waals surface area contributed by atoms with Crippen LogP contribution in [0, 0.1) is 0 Å². The SMILES string of the molecule is CCN(C)C1CC(O)CCC1NC(=O)OC(C)(C)C. The van der Waals surface area contributed by atoms with Crippen LogP contribution in [-0.2, 0) is 4.74 Å². The molecular weight excluding hydrogens is 244 g/mol. The fourth-order valence-corrected chi connectivity index (χ4v) is 2.47. The summed E-state index contributed by atoms with van der Waals surface area (Å²) in [6.07, 6.45) is 1.58. The van der Waals surface area contributed by atoms with Gasteiger partial charge in [0.05, 0.1) is 6.10 Å². The number of amides is 1. The molecule has 0 aromatic carbocycles. The predicted octanol–water partition coefficient (Wildman–Crippen LogP) is 1.74. The number of aliphatic hydroxyl groups excluding tert-OH is 1. The van der Waals surface area contributed by atoms with Gasteiger partial charge in [-0.3, -0.25) is 0 Å². The molecule has 1 fully saturated rings. The van der Waals surface area contributed by atoms with Crippen molar-refractivity contribution in [2.45, 2.75) is 70.7 Å². The van der Waals surface area contributed by atoms with E-state index in [2.05, 4.69) is 17.1 Å². The van der Waals surface area contributed by atoms with Crippen LogP contribution in [0.1, 0.15) is 47.0 Å². The zero-order valence-electron chi connectivity index (χ0n) is 12.8. The van der Waals surface area contributed by atoms with E-state index in [-0.39, 0.29) is 24.3 Å².